The maximum atomic E-state index is 12.7. The molecule has 1 saturated heterocycles. The number of benzene rings is 1. The monoisotopic (exact) mass is 414 g/mol. The SMILES string of the molecule is COc1ccc(OC)c(-c2cc(C(=O)N3CC(Oc4ncccc4Cl)C3)[nH]n2)c1. The molecule has 3 heterocycles. The Kier molecular flexibility index (Phi) is 5.26. The number of nitrogens with one attached hydrogen (secondary N) is 1. The molecule has 29 heavy (non-hydrogen) atoms. The Hall–Kier alpha value is -3.26. The number of carbonyl (C=O) groups is 1. The number of ether oxygens (including phenoxy) is 3. The van der Waals surface area contributed by atoms with Crippen LogP contribution in [0.3, 0.4) is 0 Å². The van der Waals surface area contributed by atoms with Gasteiger partial charge in [0.15, 0.2) is 0 Å². The summed E-state index contributed by atoms with van der Waals surface area (Å²) in [4.78, 5) is 18.5. The standard InChI is InChI=1S/C20H19ClN4O4/c1-27-12-5-6-18(28-2)14(8-12)16-9-17(24-23-16)20(26)25-10-13(11-25)29-19-15(21)4-3-7-22-19/h3-9,13H,10-11H2,1-2H3,(H,23,24). The zero-order chi connectivity index (χ0) is 20.4. The van der Waals surface area contributed by atoms with E-state index in [1.165, 1.54) is 0 Å². The van der Waals surface area contributed by atoms with E-state index < -0.39 is 0 Å². The fourth-order valence-corrected chi connectivity index (χ4v) is 3.21. The lowest BCUT2D eigenvalue weighted by Crippen LogP contribution is -2.56. The van der Waals surface area contributed by atoms with E-state index >= 15 is 0 Å². The van der Waals surface area contributed by atoms with Crippen molar-refractivity contribution >= 4 is 17.5 Å². The number of nitrogens with zero attached hydrogens (tertiary/aromatic N) is 3. The molecule has 1 aromatic carbocycles. The Morgan fingerprint density at radius 3 is 2.76 bits per heavy atom. The van der Waals surface area contributed by atoms with Crippen molar-refractivity contribution in [2.24, 2.45) is 0 Å². The number of hydrogen-bond donors (Lipinski definition) is 1. The van der Waals surface area contributed by atoms with Gasteiger partial charge in [0.25, 0.3) is 5.91 Å². The van der Waals surface area contributed by atoms with Crippen LogP contribution < -0.4 is 14.2 Å². The molecular formula is C20H19ClN4O4. The maximum Gasteiger partial charge on any atom is 0.272 e. The lowest BCUT2D eigenvalue weighted by atomic mass is 10.1. The number of pyridine rings is 1. The highest BCUT2D eigenvalue weighted by Crippen LogP contribution is 2.33. The van der Waals surface area contributed by atoms with Crippen molar-refractivity contribution in [3.63, 3.8) is 0 Å². The average Bonchev–Trinajstić information content (AvgIpc) is 3.20. The van der Waals surface area contributed by atoms with Gasteiger partial charge in [0, 0.05) is 11.8 Å². The van der Waals surface area contributed by atoms with Gasteiger partial charge in [0.1, 0.15) is 28.3 Å². The molecule has 0 unspecified atom stereocenters. The molecule has 1 amide bonds. The van der Waals surface area contributed by atoms with Gasteiger partial charge in [-0.05, 0) is 36.4 Å². The molecule has 1 aliphatic heterocycles. The summed E-state index contributed by atoms with van der Waals surface area (Å²) in [5.74, 6) is 1.53. The van der Waals surface area contributed by atoms with Gasteiger partial charge in [0.05, 0.1) is 33.0 Å². The van der Waals surface area contributed by atoms with Gasteiger partial charge < -0.3 is 19.1 Å². The molecule has 0 aliphatic carbocycles. The Morgan fingerprint density at radius 1 is 1.21 bits per heavy atom. The van der Waals surface area contributed by atoms with Gasteiger partial charge in [-0.3, -0.25) is 9.89 Å². The number of aromatic amines is 1. The summed E-state index contributed by atoms with van der Waals surface area (Å²) in [6.45, 7) is 0.894. The minimum atomic E-state index is -0.155. The number of H-pyrrole nitrogens is 1. The molecule has 1 fully saturated rings. The molecular weight excluding hydrogens is 396 g/mol. The average molecular weight is 415 g/mol. The van der Waals surface area contributed by atoms with E-state index in [1.807, 2.05) is 6.07 Å². The summed E-state index contributed by atoms with van der Waals surface area (Å²) in [7, 11) is 3.17. The van der Waals surface area contributed by atoms with Gasteiger partial charge in [-0.1, -0.05) is 11.6 Å². The molecule has 0 spiro atoms. The molecule has 3 aromatic rings. The van der Waals surface area contributed by atoms with Crippen LogP contribution in [0.15, 0.2) is 42.6 Å². The third-order valence-electron chi connectivity index (χ3n) is 4.63. The largest absolute Gasteiger partial charge is 0.497 e. The molecule has 150 valence electrons. The van der Waals surface area contributed by atoms with E-state index in [9.17, 15) is 4.79 Å². The van der Waals surface area contributed by atoms with E-state index in [4.69, 9.17) is 25.8 Å². The second-order valence-corrected chi connectivity index (χ2v) is 6.88. The third kappa shape index (κ3) is 3.84. The highest BCUT2D eigenvalue weighted by atomic mass is 35.5. The fraction of sp³-hybridized carbons (Fsp3) is 0.250. The summed E-state index contributed by atoms with van der Waals surface area (Å²) in [5.41, 5.74) is 1.72. The molecule has 0 atom stereocenters. The van der Waals surface area contributed by atoms with Gasteiger partial charge in [-0.25, -0.2) is 4.98 Å². The predicted octanol–water partition coefficient (Wildman–Crippen LogP) is 3.05. The van der Waals surface area contributed by atoms with Gasteiger partial charge in [-0.15, -0.1) is 0 Å². The molecule has 1 aliphatic rings. The van der Waals surface area contributed by atoms with Gasteiger partial charge >= 0.3 is 0 Å². The van der Waals surface area contributed by atoms with Crippen molar-refractivity contribution in [3.8, 4) is 28.6 Å². The summed E-state index contributed by atoms with van der Waals surface area (Å²) in [5, 5.41) is 7.51. The van der Waals surface area contributed by atoms with Crippen molar-refractivity contribution in [1.29, 1.82) is 0 Å². The molecule has 0 saturated carbocycles. The zero-order valence-corrected chi connectivity index (χ0v) is 16.6. The predicted molar refractivity (Wildman–Crippen MR) is 107 cm³/mol. The van der Waals surface area contributed by atoms with Crippen molar-refractivity contribution in [3.05, 3.63) is 53.3 Å². The molecule has 9 heteroatoms. The van der Waals surface area contributed by atoms with Crippen molar-refractivity contribution in [2.75, 3.05) is 27.3 Å². The minimum absolute atomic E-state index is 0.146. The highest BCUT2D eigenvalue weighted by Gasteiger charge is 2.34. The lowest BCUT2D eigenvalue weighted by Gasteiger charge is -2.38. The number of hydrogen-bond acceptors (Lipinski definition) is 6. The Balaban J connectivity index is 1.43. The smallest absolute Gasteiger partial charge is 0.272 e. The Morgan fingerprint density at radius 2 is 2.03 bits per heavy atom. The number of rotatable bonds is 6. The van der Waals surface area contributed by atoms with E-state index in [-0.39, 0.29) is 12.0 Å². The summed E-state index contributed by atoms with van der Waals surface area (Å²) in [6.07, 6.45) is 1.47. The summed E-state index contributed by atoms with van der Waals surface area (Å²) in [6, 6.07) is 10.6. The van der Waals surface area contributed by atoms with Crippen LogP contribution in [-0.2, 0) is 0 Å². The molecule has 0 bridgehead atoms. The highest BCUT2D eigenvalue weighted by molar-refractivity contribution is 6.31. The first-order chi connectivity index (χ1) is 14.1. The van der Waals surface area contributed by atoms with Crippen LogP contribution in [0.4, 0.5) is 0 Å². The second kappa shape index (κ2) is 8.00. The van der Waals surface area contributed by atoms with Gasteiger partial charge in [-0.2, -0.15) is 5.10 Å². The van der Waals surface area contributed by atoms with Crippen LogP contribution in [0.1, 0.15) is 10.5 Å². The van der Waals surface area contributed by atoms with Crippen LogP contribution in [0.2, 0.25) is 5.02 Å². The number of likely N-dealkylation sites (tertiary alicyclic amines) is 1. The first kappa shape index (κ1) is 19.1. The molecule has 4 rings (SSSR count). The Bertz CT molecular complexity index is 1030. The third-order valence-corrected chi connectivity index (χ3v) is 4.92. The summed E-state index contributed by atoms with van der Waals surface area (Å²) >= 11 is 6.05. The van der Waals surface area contributed by atoms with E-state index in [0.29, 0.717) is 46.9 Å². The number of amides is 1. The van der Waals surface area contributed by atoms with Crippen molar-refractivity contribution in [2.45, 2.75) is 6.10 Å². The fourth-order valence-electron chi connectivity index (χ4n) is 3.05. The minimum Gasteiger partial charge on any atom is -0.497 e. The maximum absolute atomic E-state index is 12.7. The van der Waals surface area contributed by atoms with E-state index in [0.717, 1.165) is 5.56 Å². The van der Waals surface area contributed by atoms with Crippen LogP contribution in [0.25, 0.3) is 11.3 Å². The van der Waals surface area contributed by atoms with Crippen molar-refractivity contribution < 1.29 is 19.0 Å². The molecule has 8 nitrogen and oxygen atoms in total. The zero-order valence-electron chi connectivity index (χ0n) is 15.9. The number of halogens is 1. The van der Waals surface area contributed by atoms with Crippen LogP contribution in [0, 0.1) is 0 Å². The number of aromatic nitrogens is 3. The summed E-state index contributed by atoms with van der Waals surface area (Å²) < 4.78 is 16.4. The quantitative estimate of drug-likeness (QED) is 0.666. The van der Waals surface area contributed by atoms with Crippen LogP contribution in [0.5, 0.6) is 17.4 Å². The topological polar surface area (TPSA) is 89.6 Å². The van der Waals surface area contributed by atoms with E-state index in [2.05, 4.69) is 15.2 Å². The first-order valence-electron chi connectivity index (χ1n) is 8.93. The normalized spacial score (nSPS) is 13.7. The number of methoxy groups -OCH3 is 2. The van der Waals surface area contributed by atoms with Crippen LogP contribution >= 0.6 is 11.6 Å². The Labute approximate surface area is 172 Å². The molecule has 2 aromatic heterocycles. The van der Waals surface area contributed by atoms with Gasteiger partial charge in [0.2, 0.25) is 5.88 Å². The first-order valence-corrected chi connectivity index (χ1v) is 9.31. The van der Waals surface area contributed by atoms with Crippen molar-refractivity contribution in [1.82, 2.24) is 20.1 Å². The second-order valence-electron chi connectivity index (χ2n) is 6.47. The molecule has 1 N–H and O–H groups in total. The lowest BCUT2D eigenvalue weighted by molar-refractivity contribution is 0.0156. The van der Waals surface area contributed by atoms with E-state index in [1.54, 1.807) is 55.6 Å². The number of carbonyl (C=O) groups excluding carboxylic acids is 1. The molecule has 0 radical (unpaired) electrons. The van der Waals surface area contributed by atoms with Crippen LogP contribution in [-0.4, -0.2) is 59.4 Å².